The van der Waals surface area contributed by atoms with Gasteiger partial charge in [0.15, 0.2) is 0 Å². The highest BCUT2D eigenvalue weighted by Crippen LogP contribution is 2.13. The third-order valence-electron chi connectivity index (χ3n) is 3.00. The summed E-state index contributed by atoms with van der Waals surface area (Å²) in [6.45, 7) is 8.16. The van der Waals surface area contributed by atoms with Gasteiger partial charge in [0, 0.05) is 13.1 Å². The maximum Gasteiger partial charge on any atom is 0.0960 e. The van der Waals surface area contributed by atoms with E-state index < -0.39 is 0 Å². The number of unbranched alkanes of at least 4 members (excludes halogenated alkanes) is 1. The molecule has 1 N–H and O–H groups in total. The molecule has 0 saturated carbocycles. The van der Waals surface area contributed by atoms with Crippen molar-refractivity contribution in [3.05, 3.63) is 0 Å². The number of morpholine rings is 1. The van der Waals surface area contributed by atoms with Gasteiger partial charge < -0.3 is 9.84 Å². The highest BCUT2D eigenvalue weighted by atomic mass is 16.5. The zero-order valence-electron chi connectivity index (χ0n) is 10.1. The van der Waals surface area contributed by atoms with Crippen molar-refractivity contribution in [3.8, 4) is 0 Å². The van der Waals surface area contributed by atoms with E-state index in [1.807, 2.05) is 0 Å². The Hall–Kier alpha value is -0.120. The minimum Gasteiger partial charge on any atom is -0.390 e. The summed E-state index contributed by atoms with van der Waals surface area (Å²) in [5, 5.41) is 9.94. The number of hydrogen-bond acceptors (Lipinski definition) is 3. The van der Waals surface area contributed by atoms with Crippen molar-refractivity contribution in [2.24, 2.45) is 0 Å². The minimum absolute atomic E-state index is 0.0387. The van der Waals surface area contributed by atoms with Crippen molar-refractivity contribution in [3.63, 3.8) is 0 Å². The van der Waals surface area contributed by atoms with Crippen molar-refractivity contribution in [2.45, 2.75) is 51.7 Å². The van der Waals surface area contributed by atoms with Gasteiger partial charge in [-0.15, -0.1) is 0 Å². The third-order valence-corrected chi connectivity index (χ3v) is 3.00. The molecule has 2 unspecified atom stereocenters. The summed E-state index contributed by atoms with van der Waals surface area (Å²) in [4.78, 5) is 2.39. The fourth-order valence-corrected chi connectivity index (χ4v) is 2.08. The van der Waals surface area contributed by atoms with Crippen LogP contribution in [0.15, 0.2) is 0 Å². The summed E-state index contributed by atoms with van der Waals surface area (Å²) >= 11 is 0. The Balaban J connectivity index is 2.27. The number of hydrogen-bond donors (Lipinski definition) is 1. The molecule has 0 aromatic heterocycles. The first-order chi connectivity index (χ1) is 7.27. The average Bonchev–Trinajstić information content (AvgIpc) is 2.27. The molecule has 1 fully saturated rings. The van der Waals surface area contributed by atoms with E-state index in [0.29, 0.717) is 0 Å². The molecule has 1 saturated heterocycles. The molecule has 3 nitrogen and oxygen atoms in total. The van der Waals surface area contributed by atoms with Crippen molar-refractivity contribution in [2.75, 3.05) is 26.2 Å². The number of aliphatic hydroxyl groups excluding tert-OH is 1. The highest BCUT2D eigenvalue weighted by Gasteiger charge is 2.25. The van der Waals surface area contributed by atoms with E-state index in [4.69, 9.17) is 4.74 Å². The molecule has 1 aliphatic rings. The molecule has 90 valence electrons. The molecule has 3 heteroatoms. The van der Waals surface area contributed by atoms with Gasteiger partial charge in [-0.05, 0) is 19.4 Å². The second kappa shape index (κ2) is 7.20. The van der Waals surface area contributed by atoms with E-state index in [9.17, 15) is 5.11 Å². The van der Waals surface area contributed by atoms with Gasteiger partial charge in [0.2, 0.25) is 0 Å². The largest absolute Gasteiger partial charge is 0.390 e. The topological polar surface area (TPSA) is 32.7 Å². The van der Waals surface area contributed by atoms with E-state index in [0.717, 1.165) is 45.5 Å². The van der Waals surface area contributed by atoms with Gasteiger partial charge in [0.05, 0.1) is 18.8 Å². The Morgan fingerprint density at radius 1 is 1.40 bits per heavy atom. The van der Waals surface area contributed by atoms with E-state index >= 15 is 0 Å². The first-order valence-corrected chi connectivity index (χ1v) is 6.30. The number of ether oxygens (including phenoxy) is 1. The summed E-state index contributed by atoms with van der Waals surface area (Å²) in [5.41, 5.74) is 0. The van der Waals surface area contributed by atoms with E-state index in [-0.39, 0.29) is 12.2 Å². The molecule has 0 aromatic rings. The Kier molecular flexibility index (Phi) is 6.22. The first kappa shape index (κ1) is 12.9. The van der Waals surface area contributed by atoms with Gasteiger partial charge >= 0.3 is 0 Å². The zero-order valence-corrected chi connectivity index (χ0v) is 10.1. The molecule has 0 spiro atoms. The molecule has 1 heterocycles. The quantitative estimate of drug-likeness (QED) is 0.731. The van der Waals surface area contributed by atoms with Crippen molar-refractivity contribution >= 4 is 0 Å². The van der Waals surface area contributed by atoms with Crippen LogP contribution in [0.25, 0.3) is 0 Å². The summed E-state index contributed by atoms with van der Waals surface area (Å²) in [5.74, 6) is 0. The van der Waals surface area contributed by atoms with Gasteiger partial charge in [0.25, 0.3) is 0 Å². The molecular weight excluding hydrogens is 190 g/mol. The van der Waals surface area contributed by atoms with Crippen molar-refractivity contribution in [1.29, 1.82) is 0 Å². The van der Waals surface area contributed by atoms with Crippen LogP contribution in [0.3, 0.4) is 0 Å². The Bertz CT molecular complexity index is 162. The molecule has 0 amide bonds. The van der Waals surface area contributed by atoms with Crippen LogP contribution < -0.4 is 0 Å². The molecular formula is C12H25NO2. The molecule has 1 aliphatic heterocycles. The van der Waals surface area contributed by atoms with Gasteiger partial charge in [-0.1, -0.05) is 26.7 Å². The van der Waals surface area contributed by atoms with Crippen LogP contribution in [0, 0.1) is 0 Å². The Morgan fingerprint density at radius 2 is 2.20 bits per heavy atom. The molecule has 0 aliphatic carbocycles. The lowest BCUT2D eigenvalue weighted by molar-refractivity contribution is -0.0905. The monoisotopic (exact) mass is 215 g/mol. The van der Waals surface area contributed by atoms with Gasteiger partial charge in [-0.25, -0.2) is 0 Å². The van der Waals surface area contributed by atoms with Crippen LogP contribution in [-0.2, 0) is 4.74 Å². The van der Waals surface area contributed by atoms with Gasteiger partial charge in [-0.2, -0.15) is 0 Å². The summed E-state index contributed by atoms with van der Waals surface area (Å²) in [6.07, 6.45) is 4.05. The maximum absolute atomic E-state index is 9.94. The molecule has 0 aromatic carbocycles. The third kappa shape index (κ3) is 4.49. The fourth-order valence-electron chi connectivity index (χ4n) is 2.08. The SMILES string of the molecule is CCCCC(O)C1CN(CCC)CCO1. The lowest BCUT2D eigenvalue weighted by Gasteiger charge is -2.35. The van der Waals surface area contributed by atoms with Crippen LogP contribution in [0.4, 0.5) is 0 Å². The highest BCUT2D eigenvalue weighted by molar-refractivity contribution is 4.77. The van der Waals surface area contributed by atoms with Crippen LogP contribution in [0.5, 0.6) is 0 Å². The Morgan fingerprint density at radius 3 is 2.87 bits per heavy atom. The average molecular weight is 215 g/mol. The lowest BCUT2D eigenvalue weighted by atomic mass is 10.1. The molecule has 2 atom stereocenters. The predicted molar refractivity (Wildman–Crippen MR) is 62.0 cm³/mol. The molecule has 0 radical (unpaired) electrons. The smallest absolute Gasteiger partial charge is 0.0960 e. The first-order valence-electron chi connectivity index (χ1n) is 6.30. The molecule has 15 heavy (non-hydrogen) atoms. The van der Waals surface area contributed by atoms with E-state index in [1.54, 1.807) is 0 Å². The van der Waals surface area contributed by atoms with Crippen LogP contribution in [0.1, 0.15) is 39.5 Å². The number of aliphatic hydroxyl groups is 1. The summed E-state index contributed by atoms with van der Waals surface area (Å²) in [6, 6.07) is 0. The van der Waals surface area contributed by atoms with Crippen molar-refractivity contribution < 1.29 is 9.84 Å². The van der Waals surface area contributed by atoms with Crippen LogP contribution in [-0.4, -0.2) is 48.5 Å². The van der Waals surface area contributed by atoms with Gasteiger partial charge in [-0.3, -0.25) is 4.90 Å². The minimum atomic E-state index is -0.274. The Labute approximate surface area is 93.4 Å². The molecule has 1 rings (SSSR count). The lowest BCUT2D eigenvalue weighted by Crippen LogP contribution is -2.47. The molecule has 0 bridgehead atoms. The second-order valence-electron chi connectivity index (χ2n) is 4.42. The van der Waals surface area contributed by atoms with Crippen LogP contribution >= 0.6 is 0 Å². The zero-order chi connectivity index (χ0) is 11.1. The van der Waals surface area contributed by atoms with E-state index in [1.165, 1.54) is 6.42 Å². The van der Waals surface area contributed by atoms with E-state index in [2.05, 4.69) is 18.7 Å². The standard InChI is InChI=1S/C12H25NO2/c1-3-5-6-11(14)12-10-13(7-4-2)8-9-15-12/h11-12,14H,3-10H2,1-2H3. The normalized spacial score (nSPS) is 25.4. The predicted octanol–water partition coefficient (Wildman–Crippen LogP) is 1.65. The summed E-state index contributed by atoms with van der Waals surface area (Å²) in [7, 11) is 0. The number of nitrogens with zero attached hydrogens (tertiary/aromatic N) is 1. The second-order valence-corrected chi connectivity index (χ2v) is 4.42. The van der Waals surface area contributed by atoms with Crippen LogP contribution in [0.2, 0.25) is 0 Å². The maximum atomic E-state index is 9.94. The fraction of sp³-hybridized carbons (Fsp3) is 1.00. The van der Waals surface area contributed by atoms with Crippen molar-refractivity contribution in [1.82, 2.24) is 4.90 Å². The number of rotatable bonds is 6. The summed E-state index contributed by atoms with van der Waals surface area (Å²) < 4.78 is 5.62. The van der Waals surface area contributed by atoms with Gasteiger partial charge in [0.1, 0.15) is 0 Å².